The summed E-state index contributed by atoms with van der Waals surface area (Å²) in [6, 6.07) is 0. The first-order valence-electron chi connectivity index (χ1n) is 4.90. The molecule has 0 spiro atoms. The Morgan fingerprint density at radius 3 is 2.80 bits per heavy atom. The van der Waals surface area contributed by atoms with Gasteiger partial charge < -0.3 is 20.8 Å². The number of hydrogen-bond acceptors (Lipinski definition) is 4. The number of carboxylic acid groups (broad SMARTS) is 1. The Kier molecular flexibility index (Phi) is 4.05. The van der Waals surface area contributed by atoms with Gasteiger partial charge in [-0.3, -0.25) is 9.59 Å². The van der Waals surface area contributed by atoms with E-state index >= 15 is 0 Å². The molecule has 86 valence electrons. The van der Waals surface area contributed by atoms with E-state index in [4.69, 9.17) is 10.8 Å². The fraction of sp³-hybridized carbons (Fsp3) is 0.778. The van der Waals surface area contributed by atoms with Crippen LogP contribution in [0.3, 0.4) is 0 Å². The molecule has 1 heterocycles. The zero-order valence-electron chi connectivity index (χ0n) is 8.43. The van der Waals surface area contributed by atoms with Gasteiger partial charge in [0.05, 0.1) is 12.5 Å². The number of nitrogens with zero attached hydrogens (tertiary/aromatic N) is 1. The van der Waals surface area contributed by atoms with E-state index in [1.807, 2.05) is 0 Å². The van der Waals surface area contributed by atoms with Crippen molar-refractivity contribution in [3.63, 3.8) is 0 Å². The average molecular weight is 216 g/mol. The van der Waals surface area contributed by atoms with E-state index in [-0.39, 0.29) is 24.8 Å². The highest BCUT2D eigenvalue weighted by Gasteiger charge is 2.30. The largest absolute Gasteiger partial charge is 0.481 e. The Morgan fingerprint density at radius 2 is 2.33 bits per heavy atom. The number of aliphatic hydroxyl groups is 1. The lowest BCUT2D eigenvalue weighted by molar-refractivity contribution is -0.140. The van der Waals surface area contributed by atoms with Gasteiger partial charge in [-0.15, -0.1) is 0 Å². The van der Waals surface area contributed by atoms with Gasteiger partial charge >= 0.3 is 5.97 Å². The molecule has 1 aliphatic rings. The molecule has 1 rings (SSSR count). The van der Waals surface area contributed by atoms with Gasteiger partial charge in [-0.25, -0.2) is 0 Å². The summed E-state index contributed by atoms with van der Waals surface area (Å²) in [4.78, 5) is 23.2. The van der Waals surface area contributed by atoms with E-state index < -0.39 is 12.1 Å². The lowest BCUT2D eigenvalue weighted by Crippen LogP contribution is -2.35. The van der Waals surface area contributed by atoms with Gasteiger partial charge in [0.25, 0.3) is 0 Å². The minimum atomic E-state index is -1.07. The van der Waals surface area contributed by atoms with Gasteiger partial charge in [0.2, 0.25) is 5.91 Å². The Morgan fingerprint density at radius 1 is 1.67 bits per heavy atom. The van der Waals surface area contributed by atoms with Crippen LogP contribution >= 0.6 is 0 Å². The van der Waals surface area contributed by atoms with Crippen molar-refractivity contribution in [3.05, 3.63) is 0 Å². The highest BCUT2D eigenvalue weighted by Crippen LogP contribution is 2.16. The molecule has 0 aliphatic carbocycles. The first-order chi connectivity index (χ1) is 7.02. The molecule has 1 saturated heterocycles. The number of carboxylic acids is 1. The van der Waals surface area contributed by atoms with Gasteiger partial charge in [0.15, 0.2) is 0 Å². The van der Waals surface area contributed by atoms with Gasteiger partial charge in [0, 0.05) is 19.5 Å². The smallest absolute Gasteiger partial charge is 0.306 e. The lowest BCUT2D eigenvalue weighted by Gasteiger charge is -2.19. The monoisotopic (exact) mass is 216 g/mol. The molecular weight excluding hydrogens is 200 g/mol. The second kappa shape index (κ2) is 5.09. The third-order valence-corrected chi connectivity index (χ3v) is 2.47. The van der Waals surface area contributed by atoms with Crippen LogP contribution in [0.2, 0.25) is 0 Å². The number of likely N-dealkylation sites (tertiary alicyclic amines) is 1. The number of carbonyl (C=O) groups excluding carboxylic acids is 1. The van der Waals surface area contributed by atoms with Gasteiger partial charge in [0.1, 0.15) is 0 Å². The molecule has 2 unspecified atom stereocenters. The minimum absolute atomic E-state index is 0.0603. The molecule has 15 heavy (non-hydrogen) atoms. The molecule has 0 aromatic rings. The van der Waals surface area contributed by atoms with Crippen molar-refractivity contribution in [3.8, 4) is 0 Å². The normalized spacial score (nSPS) is 23.2. The second-order valence-electron chi connectivity index (χ2n) is 3.86. The molecule has 4 N–H and O–H groups in total. The molecule has 0 radical (unpaired) electrons. The molecular formula is C9H16N2O4. The van der Waals surface area contributed by atoms with Crippen molar-refractivity contribution < 1.29 is 19.8 Å². The minimum Gasteiger partial charge on any atom is -0.481 e. The van der Waals surface area contributed by atoms with Crippen molar-refractivity contribution in [1.82, 2.24) is 4.90 Å². The lowest BCUT2D eigenvalue weighted by atomic mass is 10.1. The third-order valence-electron chi connectivity index (χ3n) is 2.47. The summed E-state index contributed by atoms with van der Waals surface area (Å²) in [6.07, 6.45) is -0.934. The SMILES string of the molecule is NCC1CC(=O)N(CC(O)CC(=O)O)C1. The van der Waals surface area contributed by atoms with Crippen molar-refractivity contribution >= 4 is 11.9 Å². The number of amides is 1. The summed E-state index contributed by atoms with van der Waals surface area (Å²) in [5, 5.41) is 17.8. The Hall–Kier alpha value is -1.14. The number of aliphatic carboxylic acids is 1. The van der Waals surface area contributed by atoms with Crippen molar-refractivity contribution in [2.75, 3.05) is 19.6 Å². The number of carbonyl (C=O) groups is 2. The fourth-order valence-electron chi connectivity index (χ4n) is 1.71. The van der Waals surface area contributed by atoms with E-state index in [0.717, 1.165) is 0 Å². The van der Waals surface area contributed by atoms with Crippen LogP contribution in [0.25, 0.3) is 0 Å². The summed E-state index contributed by atoms with van der Waals surface area (Å²) in [7, 11) is 0. The molecule has 1 fully saturated rings. The molecule has 0 saturated carbocycles. The maximum Gasteiger partial charge on any atom is 0.306 e. The zero-order chi connectivity index (χ0) is 11.4. The first kappa shape index (κ1) is 11.9. The molecule has 1 amide bonds. The van der Waals surface area contributed by atoms with Crippen LogP contribution in [0.4, 0.5) is 0 Å². The van der Waals surface area contributed by atoms with Crippen molar-refractivity contribution in [2.45, 2.75) is 18.9 Å². The van der Waals surface area contributed by atoms with E-state index in [2.05, 4.69) is 0 Å². The molecule has 1 aliphatic heterocycles. The maximum atomic E-state index is 11.4. The van der Waals surface area contributed by atoms with Crippen LogP contribution in [-0.2, 0) is 9.59 Å². The summed E-state index contributed by atoms with van der Waals surface area (Å²) < 4.78 is 0. The molecule has 2 atom stereocenters. The molecule has 0 aromatic carbocycles. The predicted octanol–water partition coefficient (Wildman–Crippen LogP) is -1.37. The fourth-order valence-corrected chi connectivity index (χ4v) is 1.71. The van der Waals surface area contributed by atoms with E-state index in [1.54, 1.807) is 0 Å². The van der Waals surface area contributed by atoms with Crippen LogP contribution in [0.15, 0.2) is 0 Å². The van der Waals surface area contributed by atoms with Crippen molar-refractivity contribution in [2.24, 2.45) is 11.7 Å². The summed E-state index contributed by atoms with van der Waals surface area (Å²) in [5.74, 6) is -0.992. The third kappa shape index (κ3) is 3.49. The number of nitrogens with two attached hydrogens (primary N) is 1. The summed E-state index contributed by atoms with van der Waals surface area (Å²) >= 11 is 0. The average Bonchev–Trinajstić information content (AvgIpc) is 2.46. The maximum absolute atomic E-state index is 11.4. The standard InChI is InChI=1S/C9H16N2O4/c10-3-6-1-8(13)11(4-6)5-7(12)2-9(14)15/h6-7,12H,1-5,10H2,(H,14,15). The summed E-state index contributed by atoms with van der Waals surface area (Å²) in [6.45, 7) is 1.05. The van der Waals surface area contributed by atoms with Gasteiger partial charge in [-0.2, -0.15) is 0 Å². The second-order valence-corrected chi connectivity index (χ2v) is 3.86. The van der Waals surface area contributed by atoms with Gasteiger partial charge in [-0.05, 0) is 12.5 Å². The topological polar surface area (TPSA) is 104 Å². The highest BCUT2D eigenvalue weighted by molar-refractivity contribution is 5.78. The Bertz CT molecular complexity index is 256. The molecule has 0 bridgehead atoms. The van der Waals surface area contributed by atoms with Crippen LogP contribution < -0.4 is 5.73 Å². The number of rotatable bonds is 5. The Balaban J connectivity index is 2.38. The van der Waals surface area contributed by atoms with Gasteiger partial charge in [-0.1, -0.05) is 0 Å². The number of aliphatic hydroxyl groups excluding tert-OH is 1. The highest BCUT2D eigenvalue weighted by atomic mass is 16.4. The van der Waals surface area contributed by atoms with E-state index in [0.29, 0.717) is 19.5 Å². The van der Waals surface area contributed by atoms with E-state index in [9.17, 15) is 14.7 Å². The predicted molar refractivity (Wildman–Crippen MR) is 52.0 cm³/mol. The Labute approximate surface area is 87.7 Å². The number of β-amino-alcohol motifs (C(OH)–C–C–N with tert-alkyl or cyclic N) is 1. The summed E-state index contributed by atoms with van der Waals surface area (Å²) in [5.41, 5.74) is 5.43. The molecule has 6 heteroatoms. The van der Waals surface area contributed by atoms with Crippen LogP contribution in [0, 0.1) is 5.92 Å². The quantitative estimate of drug-likeness (QED) is 0.526. The molecule has 6 nitrogen and oxygen atoms in total. The van der Waals surface area contributed by atoms with Crippen LogP contribution in [0.5, 0.6) is 0 Å². The number of hydrogen-bond donors (Lipinski definition) is 3. The van der Waals surface area contributed by atoms with Crippen LogP contribution in [-0.4, -0.2) is 52.7 Å². The van der Waals surface area contributed by atoms with Crippen LogP contribution in [0.1, 0.15) is 12.8 Å². The van der Waals surface area contributed by atoms with Crippen molar-refractivity contribution in [1.29, 1.82) is 0 Å². The first-order valence-corrected chi connectivity index (χ1v) is 4.90. The molecule has 0 aromatic heterocycles. The zero-order valence-corrected chi connectivity index (χ0v) is 8.43. The van der Waals surface area contributed by atoms with E-state index in [1.165, 1.54) is 4.90 Å².